The lowest BCUT2D eigenvalue weighted by Crippen LogP contribution is -2.04. The summed E-state index contributed by atoms with van der Waals surface area (Å²) in [5.41, 5.74) is 0. The van der Waals surface area contributed by atoms with Crippen molar-refractivity contribution in [3.8, 4) is 0 Å². The summed E-state index contributed by atoms with van der Waals surface area (Å²) in [5.74, 6) is 0.349. The Morgan fingerprint density at radius 3 is 1.79 bits per heavy atom. The van der Waals surface area contributed by atoms with Gasteiger partial charge >= 0.3 is 0 Å². The van der Waals surface area contributed by atoms with E-state index in [4.69, 9.17) is 0 Å². The largest absolute Gasteiger partial charge is 0.272 e. The van der Waals surface area contributed by atoms with E-state index in [2.05, 4.69) is 11.1 Å². The highest BCUT2D eigenvalue weighted by Crippen LogP contribution is 2.14. The van der Waals surface area contributed by atoms with E-state index in [-0.39, 0.29) is 0 Å². The monoisotopic (exact) mass is 292 g/mol. The molecule has 0 saturated carbocycles. The van der Waals surface area contributed by atoms with Crippen LogP contribution in [-0.2, 0) is 15.2 Å². The fourth-order valence-electron chi connectivity index (χ4n) is 2.25. The third-order valence-corrected chi connectivity index (χ3v) is 3.87. The highest BCUT2D eigenvalue weighted by atomic mass is 32.2. The van der Waals surface area contributed by atoms with Crippen molar-refractivity contribution in [3.63, 3.8) is 0 Å². The Bertz CT molecular complexity index is 244. The molecule has 3 nitrogen and oxygen atoms in total. The Morgan fingerprint density at radius 2 is 1.32 bits per heavy atom. The van der Waals surface area contributed by atoms with Crippen molar-refractivity contribution in [2.24, 2.45) is 5.92 Å². The molecule has 0 rings (SSSR count). The molecule has 4 heteroatoms. The van der Waals surface area contributed by atoms with Crippen LogP contribution >= 0.6 is 0 Å². The zero-order valence-electron chi connectivity index (χ0n) is 12.7. The van der Waals surface area contributed by atoms with E-state index in [1.165, 1.54) is 64.2 Å². The average Bonchev–Trinajstić information content (AvgIpc) is 2.38. The van der Waals surface area contributed by atoms with Crippen LogP contribution in [0.3, 0.4) is 0 Å². The molecule has 0 radical (unpaired) electrons. The Kier molecular flexibility index (Phi) is 14.3. The van der Waals surface area contributed by atoms with Crippen molar-refractivity contribution < 1.29 is 12.6 Å². The van der Waals surface area contributed by atoms with Gasteiger partial charge in [0.2, 0.25) is 0 Å². The van der Waals surface area contributed by atoms with Gasteiger partial charge in [0.25, 0.3) is 11.0 Å². The van der Waals surface area contributed by atoms with Crippen molar-refractivity contribution in [1.29, 1.82) is 0 Å². The molecule has 0 aliphatic heterocycles. The Morgan fingerprint density at radius 1 is 0.842 bits per heavy atom. The lowest BCUT2D eigenvalue weighted by atomic mass is 10.0. The molecule has 0 aliphatic carbocycles. The number of unbranched alkanes of at least 4 members (excludes halogenated alkanes) is 9. The molecule has 0 heterocycles. The molecule has 0 N–H and O–H groups in total. The quantitative estimate of drug-likeness (QED) is 0.379. The predicted octanol–water partition coefficient (Wildman–Crippen LogP) is 4.48. The van der Waals surface area contributed by atoms with E-state index in [0.29, 0.717) is 12.5 Å². The van der Waals surface area contributed by atoms with Crippen molar-refractivity contribution in [2.45, 2.75) is 84.5 Å². The lowest BCUT2D eigenvalue weighted by molar-refractivity contribution is 0.263. The molecule has 0 amide bonds. The third kappa shape index (κ3) is 15.9. The summed E-state index contributed by atoms with van der Waals surface area (Å²) in [4.78, 5) is 0. The van der Waals surface area contributed by atoms with E-state index in [1.807, 2.05) is 6.92 Å². The molecular weight excluding hydrogens is 260 g/mol. The first-order valence-corrected chi connectivity index (χ1v) is 9.03. The maximum atomic E-state index is 10.3. The van der Waals surface area contributed by atoms with Gasteiger partial charge in [-0.3, -0.25) is 4.18 Å². The Balaban J connectivity index is 3.13. The average molecular weight is 292 g/mol. The van der Waals surface area contributed by atoms with Gasteiger partial charge in [0.15, 0.2) is 0 Å². The van der Waals surface area contributed by atoms with E-state index >= 15 is 0 Å². The van der Waals surface area contributed by atoms with E-state index in [1.54, 1.807) is 0 Å². The van der Waals surface area contributed by atoms with E-state index < -0.39 is 11.0 Å². The zero-order valence-corrected chi connectivity index (χ0v) is 13.6. The third-order valence-electron chi connectivity index (χ3n) is 3.51. The van der Waals surface area contributed by atoms with E-state index in [0.717, 1.165) is 6.42 Å². The number of rotatable bonds is 14. The summed E-state index contributed by atoms with van der Waals surface area (Å²) in [6.45, 7) is 4.64. The minimum atomic E-state index is -2.67. The summed E-state index contributed by atoms with van der Waals surface area (Å²) < 4.78 is 25.1. The van der Waals surface area contributed by atoms with Gasteiger partial charge < -0.3 is 0 Å². The number of hydrogen-bond acceptors (Lipinski definition) is 3. The first kappa shape index (κ1) is 18.9. The first-order valence-electron chi connectivity index (χ1n) is 7.94. The summed E-state index contributed by atoms with van der Waals surface area (Å²) in [7, 11) is -2.67. The minimum Gasteiger partial charge on any atom is -0.272 e. The molecule has 0 fully saturated rings. The molecule has 0 aliphatic rings. The second kappa shape index (κ2) is 14.3. The smallest absolute Gasteiger partial charge is 0.257 e. The fraction of sp³-hybridized carbons (Fsp3) is 1.00. The van der Waals surface area contributed by atoms with Gasteiger partial charge in [-0.1, -0.05) is 78.1 Å². The molecule has 0 aromatic rings. The molecule has 1 unspecified atom stereocenters. The van der Waals surface area contributed by atoms with Crippen LogP contribution in [0.5, 0.6) is 0 Å². The van der Waals surface area contributed by atoms with Crippen LogP contribution in [-0.4, -0.2) is 15.0 Å². The van der Waals surface area contributed by atoms with Gasteiger partial charge in [0.05, 0.1) is 6.61 Å². The summed E-state index contributed by atoms with van der Waals surface area (Å²) in [5, 5.41) is 0. The Labute approximate surface area is 121 Å². The van der Waals surface area contributed by atoms with Crippen LogP contribution in [0.25, 0.3) is 0 Å². The second-order valence-electron chi connectivity index (χ2n) is 5.60. The maximum absolute atomic E-state index is 10.3. The second-order valence-corrected chi connectivity index (χ2v) is 6.30. The van der Waals surface area contributed by atoms with Gasteiger partial charge in [-0.05, 0) is 12.3 Å². The van der Waals surface area contributed by atoms with Crippen molar-refractivity contribution in [2.75, 3.05) is 6.61 Å². The van der Waals surface area contributed by atoms with Crippen LogP contribution in [0.4, 0.5) is 0 Å². The molecule has 19 heavy (non-hydrogen) atoms. The van der Waals surface area contributed by atoms with Gasteiger partial charge in [0, 0.05) is 0 Å². The normalized spacial score (nSPS) is 13.0. The SMILES string of the molecule is CCCCCCCCCCCCC(C)CO[SH](=O)=O. The number of hydrogen-bond donors (Lipinski definition) is 1. The first-order chi connectivity index (χ1) is 9.16. The molecule has 0 saturated heterocycles. The molecule has 0 aromatic heterocycles. The summed E-state index contributed by atoms with van der Waals surface area (Å²) >= 11 is 0. The van der Waals surface area contributed by atoms with Crippen molar-refractivity contribution in [1.82, 2.24) is 0 Å². The van der Waals surface area contributed by atoms with Crippen molar-refractivity contribution in [3.05, 3.63) is 0 Å². The van der Waals surface area contributed by atoms with Gasteiger partial charge in [-0.15, -0.1) is 0 Å². The Hall–Kier alpha value is -0.0900. The van der Waals surface area contributed by atoms with E-state index in [9.17, 15) is 8.42 Å². The predicted molar refractivity (Wildman–Crippen MR) is 81.9 cm³/mol. The van der Waals surface area contributed by atoms with Crippen LogP contribution in [0.2, 0.25) is 0 Å². The fourth-order valence-corrected chi connectivity index (χ4v) is 2.63. The molecule has 0 spiro atoms. The maximum Gasteiger partial charge on any atom is 0.257 e. The van der Waals surface area contributed by atoms with Crippen LogP contribution in [0.15, 0.2) is 0 Å². The van der Waals surface area contributed by atoms with Crippen molar-refractivity contribution >= 4 is 11.0 Å². The zero-order chi connectivity index (χ0) is 14.3. The number of thiol groups is 1. The summed E-state index contributed by atoms with van der Waals surface area (Å²) in [6, 6.07) is 0. The molecule has 1 atom stereocenters. The highest BCUT2D eigenvalue weighted by Gasteiger charge is 2.02. The van der Waals surface area contributed by atoms with Gasteiger partial charge in [-0.25, -0.2) is 8.42 Å². The van der Waals surface area contributed by atoms with Gasteiger partial charge in [-0.2, -0.15) is 0 Å². The molecule has 0 aromatic carbocycles. The molecule has 0 bridgehead atoms. The summed E-state index contributed by atoms with van der Waals surface area (Å²) in [6.07, 6.45) is 14.5. The van der Waals surface area contributed by atoms with Crippen LogP contribution in [0.1, 0.15) is 84.5 Å². The standard InChI is InChI=1S/C15H32O3S/c1-3-4-5-6-7-8-9-10-11-12-13-15(2)14-18-19(16)17/h15,19H,3-14H2,1-2H3. The minimum absolute atomic E-state index is 0.343. The highest BCUT2D eigenvalue weighted by molar-refractivity contribution is 7.67. The van der Waals surface area contributed by atoms with Gasteiger partial charge in [0.1, 0.15) is 0 Å². The molecular formula is C15H32O3S. The van der Waals surface area contributed by atoms with Crippen LogP contribution < -0.4 is 0 Å². The lowest BCUT2D eigenvalue weighted by Gasteiger charge is -2.08. The topological polar surface area (TPSA) is 43.4 Å². The molecule has 116 valence electrons. The van der Waals surface area contributed by atoms with Crippen LogP contribution in [0, 0.1) is 5.92 Å².